The van der Waals surface area contributed by atoms with E-state index >= 15 is 0 Å². The van der Waals surface area contributed by atoms with Gasteiger partial charge in [-0.05, 0) is 42.9 Å². The standard InChI is InChI=1S/C21H30N4O2S/c1-15(2)13-19-23-24-20(28-19)17-5-4-12-25(14-17)21(26)22-11-10-16-6-8-18(27-3)9-7-16/h6-9,15,17H,4-5,10-14H2,1-3H3,(H,22,26). The number of piperidine rings is 1. The molecule has 1 atom stereocenters. The van der Waals surface area contributed by atoms with E-state index in [9.17, 15) is 4.79 Å². The van der Waals surface area contributed by atoms with Crippen molar-refractivity contribution in [3.05, 3.63) is 39.8 Å². The van der Waals surface area contributed by atoms with Gasteiger partial charge in [-0.3, -0.25) is 0 Å². The molecule has 0 radical (unpaired) electrons. The number of nitrogens with zero attached hydrogens (tertiary/aromatic N) is 3. The molecule has 3 rings (SSSR count). The Labute approximate surface area is 171 Å². The van der Waals surface area contributed by atoms with Gasteiger partial charge in [0.25, 0.3) is 0 Å². The summed E-state index contributed by atoms with van der Waals surface area (Å²) in [7, 11) is 1.66. The molecular formula is C21H30N4O2S. The predicted octanol–water partition coefficient (Wildman–Crippen LogP) is 3.88. The fraction of sp³-hybridized carbons (Fsp3) is 0.571. The van der Waals surface area contributed by atoms with Crippen molar-refractivity contribution in [1.29, 1.82) is 0 Å². The Balaban J connectivity index is 1.47. The molecule has 6 nitrogen and oxygen atoms in total. The van der Waals surface area contributed by atoms with E-state index in [1.165, 1.54) is 5.56 Å². The number of ether oxygens (including phenoxy) is 1. The van der Waals surface area contributed by atoms with Crippen molar-refractivity contribution in [2.75, 3.05) is 26.7 Å². The first-order valence-electron chi connectivity index (χ1n) is 10.0. The van der Waals surface area contributed by atoms with Crippen LogP contribution in [-0.4, -0.2) is 47.9 Å². The van der Waals surface area contributed by atoms with Crippen LogP contribution in [0.25, 0.3) is 0 Å². The van der Waals surface area contributed by atoms with Gasteiger partial charge in [0.15, 0.2) is 0 Å². The maximum atomic E-state index is 12.6. The minimum absolute atomic E-state index is 0.0186. The van der Waals surface area contributed by atoms with E-state index in [2.05, 4.69) is 29.4 Å². The highest BCUT2D eigenvalue weighted by Gasteiger charge is 2.27. The molecule has 1 aliphatic rings. The van der Waals surface area contributed by atoms with Crippen molar-refractivity contribution < 1.29 is 9.53 Å². The smallest absolute Gasteiger partial charge is 0.317 e. The van der Waals surface area contributed by atoms with Gasteiger partial charge < -0.3 is 15.0 Å². The molecule has 1 unspecified atom stereocenters. The lowest BCUT2D eigenvalue weighted by Gasteiger charge is -2.31. The number of aromatic nitrogens is 2. The zero-order valence-corrected chi connectivity index (χ0v) is 17.8. The molecule has 2 aromatic rings. The molecule has 2 heterocycles. The molecule has 1 N–H and O–H groups in total. The average molecular weight is 403 g/mol. The Bertz CT molecular complexity index is 760. The Hall–Kier alpha value is -2.15. The molecule has 0 bridgehead atoms. The van der Waals surface area contributed by atoms with Crippen molar-refractivity contribution in [2.24, 2.45) is 5.92 Å². The summed E-state index contributed by atoms with van der Waals surface area (Å²) in [6, 6.07) is 7.98. The molecule has 152 valence electrons. The number of hydrogen-bond donors (Lipinski definition) is 1. The number of amides is 2. The van der Waals surface area contributed by atoms with E-state index in [-0.39, 0.29) is 6.03 Å². The molecule has 7 heteroatoms. The van der Waals surface area contributed by atoms with Crippen LogP contribution in [0, 0.1) is 5.92 Å². The third-order valence-corrected chi connectivity index (χ3v) is 6.08. The van der Waals surface area contributed by atoms with Gasteiger partial charge in [0, 0.05) is 32.0 Å². The summed E-state index contributed by atoms with van der Waals surface area (Å²) >= 11 is 1.71. The Morgan fingerprint density at radius 3 is 2.82 bits per heavy atom. The Kier molecular flexibility index (Phi) is 7.25. The van der Waals surface area contributed by atoms with Gasteiger partial charge in [-0.1, -0.05) is 26.0 Å². The average Bonchev–Trinajstić information content (AvgIpc) is 3.16. The lowest BCUT2D eigenvalue weighted by molar-refractivity contribution is 0.179. The third kappa shape index (κ3) is 5.67. The minimum atomic E-state index is 0.0186. The van der Waals surface area contributed by atoms with Crippen molar-refractivity contribution in [1.82, 2.24) is 20.4 Å². The first kappa shape index (κ1) is 20.6. The van der Waals surface area contributed by atoms with E-state index < -0.39 is 0 Å². The van der Waals surface area contributed by atoms with Crippen molar-refractivity contribution in [3.8, 4) is 5.75 Å². The van der Waals surface area contributed by atoms with Gasteiger partial charge in [0.1, 0.15) is 15.8 Å². The molecule has 2 amide bonds. The third-order valence-electron chi connectivity index (χ3n) is 4.97. The molecule has 0 saturated carbocycles. The summed E-state index contributed by atoms with van der Waals surface area (Å²) in [5.74, 6) is 1.74. The number of carbonyl (C=O) groups excluding carboxylic acids is 1. The first-order chi connectivity index (χ1) is 13.5. The first-order valence-corrected chi connectivity index (χ1v) is 10.8. The maximum Gasteiger partial charge on any atom is 0.317 e. The van der Waals surface area contributed by atoms with E-state index in [1.54, 1.807) is 18.4 Å². The number of benzene rings is 1. The second kappa shape index (κ2) is 9.87. The number of likely N-dealkylation sites (tertiary alicyclic amines) is 1. The van der Waals surface area contributed by atoms with Crippen molar-refractivity contribution in [2.45, 2.75) is 45.4 Å². The summed E-state index contributed by atoms with van der Waals surface area (Å²) in [5, 5.41) is 14.0. The highest BCUT2D eigenvalue weighted by molar-refractivity contribution is 7.11. The summed E-state index contributed by atoms with van der Waals surface area (Å²) in [5.41, 5.74) is 1.18. The molecule has 0 aliphatic carbocycles. The quantitative estimate of drug-likeness (QED) is 0.763. The van der Waals surface area contributed by atoms with Gasteiger partial charge in [0.2, 0.25) is 0 Å². The van der Waals surface area contributed by atoms with E-state index in [0.29, 0.717) is 18.4 Å². The van der Waals surface area contributed by atoms with Crippen LogP contribution in [0.1, 0.15) is 48.2 Å². The number of nitrogens with one attached hydrogen (secondary N) is 1. The number of carbonyl (C=O) groups is 1. The van der Waals surface area contributed by atoms with Gasteiger partial charge in [-0.15, -0.1) is 21.5 Å². The van der Waals surface area contributed by atoms with Gasteiger partial charge in [-0.25, -0.2) is 4.79 Å². The lowest BCUT2D eigenvalue weighted by Crippen LogP contribution is -2.45. The predicted molar refractivity (Wildman–Crippen MR) is 112 cm³/mol. The van der Waals surface area contributed by atoms with E-state index in [1.807, 2.05) is 29.2 Å². The molecular weight excluding hydrogens is 372 g/mol. The van der Waals surface area contributed by atoms with Gasteiger partial charge in [-0.2, -0.15) is 0 Å². The summed E-state index contributed by atoms with van der Waals surface area (Å²) < 4.78 is 5.17. The Morgan fingerprint density at radius 2 is 2.11 bits per heavy atom. The van der Waals surface area contributed by atoms with E-state index in [4.69, 9.17) is 4.74 Å². The SMILES string of the molecule is COc1ccc(CCNC(=O)N2CCCC(c3nnc(CC(C)C)s3)C2)cc1. The maximum absolute atomic E-state index is 12.6. The van der Waals surface area contributed by atoms with Crippen LogP contribution in [0.15, 0.2) is 24.3 Å². The fourth-order valence-electron chi connectivity index (χ4n) is 3.44. The lowest BCUT2D eigenvalue weighted by atomic mass is 9.99. The highest BCUT2D eigenvalue weighted by atomic mass is 32.1. The largest absolute Gasteiger partial charge is 0.497 e. The van der Waals surface area contributed by atoms with E-state index in [0.717, 1.165) is 54.5 Å². The van der Waals surface area contributed by atoms with Crippen LogP contribution in [0.3, 0.4) is 0 Å². The van der Waals surface area contributed by atoms with Crippen molar-refractivity contribution in [3.63, 3.8) is 0 Å². The van der Waals surface area contributed by atoms with Gasteiger partial charge >= 0.3 is 6.03 Å². The molecule has 1 aliphatic heterocycles. The summed E-state index contributed by atoms with van der Waals surface area (Å²) in [4.78, 5) is 14.5. The monoisotopic (exact) mass is 402 g/mol. The van der Waals surface area contributed by atoms with Crippen LogP contribution in [0.5, 0.6) is 5.75 Å². The Morgan fingerprint density at radius 1 is 1.32 bits per heavy atom. The second-order valence-electron chi connectivity index (χ2n) is 7.75. The summed E-state index contributed by atoms with van der Waals surface area (Å²) in [6.07, 6.45) is 3.86. The molecule has 0 spiro atoms. The number of rotatable bonds is 7. The minimum Gasteiger partial charge on any atom is -0.497 e. The van der Waals surface area contributed by atoms with Gasteiger partial charge in [0.05, 0.1) is 7.11 Å². The van der Waals surface area contributed by atoms with Crippen LogP contribution < -0.4 is 10.1 Å². The van der Waals surface area contributed by atoms with Crippen LogP contribution in [0.2, 0.25) is 0 Å². The number of hydrogen-bond acceptors (Lipinski definition) is 5. The summed E-state index contributed by atoms with van der Waals surface area (Å²) in [6.45, 7) is 6.55. The molecule has 1 aromatic heterocycles. The normalized spacial score (nSPS) is 17.0. The van der Waals surface area contributed by atoms with Crippen LogP contribution in [-0.2, 0) is 12.8 Å². The van der Waals surface area contributed by atoms with Crippen LogP contribution in [0.4, 0.5) is 4.79 Å². The molecule has 1 fully saturated rings. The highest BCUT2D eigenvalue weighted by Crippen LogP contribution is 2.29. The van der Waals surface area contributed by atoms with Crippen molar-refractivity contribution >= 4 is 17.4 Å². The van der Waals surface area contributed by atoms with Crippen LogP contribution >= 0.6 is 11.3 Å². The fourth-order valence-corrected chi connectivity index (χ4v) is 4.62. The molecule has 1 saturated heterocycles. The topological polar surface area (TPSA) is 67.3 Å². The zero-order chi connectivity index (χ0) is 19.9. The number of urea groups is 1. The molecule has 28 heavy (non-hydrogen) atoms. The zero-order valence-electron chi connectivity index (χ0n) is 17.0. The number of methoxy groups -OCH3 is 1. The second-order valence-corrected chi connectivity index (χ2v) is 8.84. The molecule has 1 aromatic carbocycles.